The number of carbonyl (C=O) groups excluding carboxylic acids is 4. The molecule has 0 unspecified atom stereocenters. The summed E-state index contributed by atoms with van der Waals surface area (Å²) >= 11 is 0. The summed E-state index contributed by atoms with van der Waals surface area (Å²) in [6.45, 7) is 16.6. The molecule has 6 saturated heterocycles. The first-order valence-electron chi connectivity index (χ1n) is 33.1. The van der Waals surface area contributed by atoms with Gasteiger partial charge in [0.15, 0.2) is 17.5 Å². The number of nitrogens with one attached hydrogen (secondary N) is 5. The third-order valence-corrected chi connectivity index (χ3v) is 17.7. The van der Waals surface area contributed by atoms with Crippen LogP contribution in [0.2, 0.25) is 0 Å². The number of halogens is 6. The van der Waals surface area contributed by atoms with Gasteiger partial charge in [0, 0.05) is 115 Å². The molecule has 6 aromatic rings. The monoisotopic (exact) mass is 1350 g/mol. The van der Waals surface area contributed by atoms with Crippen LogP contribution in [0.4, 0.5) is 48.6 Å². The Bertz CT molecular complexity index is 3380. The first kappa shape index (κ1) is 71.1. The van der Waals surface area contributed by atoms with Gasteiger partial charge in [-0.1, -0.05) is 36.4 Å². The van der Waals surface area contributed by atoms with Crippen LogP contribution >= 0.6 is 0 Å². The number of carbonyl (C=O) groups is 4. The fourth-order valence-electron chi connectivity index (χ4n) is 12.2. The van der Waals surface area contributed by atoms with E-state index >= 15 is 0 Å². The van der Waals surface area contributed by atoms with Crippen molar-refractivity contribution >= 4 is 41.3 Å². The summed E-state index contributed by atoms with van der Waals surface area (Å²) in [4.78, 5) is 63.3. The predicted octanol–water partition coefficient (Wildman–Crippen LogP) is 5.31. The highest BCUT2D eigenvalue weighted by atomic mass is 19.2. The number of hydrogen-bond acceptors (Lipinski definition) is 19. The van der Waals surface area contributed by atoms with E-state index in [-0.39, 0.29) is 61.4 Å². The van der Waals surface area contributed by atoms with Crippen LogP contribution in [0, 0.1) is 17.5 Å². The van der Waals surface area contributed by atoms with Gasteiger partial charge >= 0.3 is 6.09 Å². The number of alkyl halides is 3. The van der Waals surface area contributed by atoms with Gasteiger partial charge in [0.25, 0.3) is 0 Å². The number of rotatable bonds is 15. The second-order valence-corrected chi connectivity index (χ2v) is 26.0. The second kappa shape index (κ2) is 34.0. The molecule has 9 heterocycles. The first-order chi connectivity index (χ1) is 46.7. The molecule has 0 saturated carbocycles. The molecule has 29 heteroatoms. The van der Waals surface area contributed by atoms with Gasteiger partial charge in [-0.3, -0.25) is 29.1 Å². The lowest BCUT2D eigenvalue weighted by atomic mass is 10.0. The molecule has 0 bridgehead atoms. The van der Waals surface area contributed by atoms with E-state index in [1.807, 2.05) is 23.1 Å². The molecule has 0 spiro atoms. The average molecular weight is 1350 g/mol. The van der Waals surface area contributed by atoms with Crippen LogP contribution in [0.3, 0.4) is 0 Å². The van der Waals surface area contributed by atoms with Crippen molar-refractivity contribution in [1.82, 2.24) is 76.8 Å². The van der Waals surface area contributed by atoms with E-state index in [2.05, 4.69) is 81.7 Å². The van der Waals surface area contributed by atoms with Crippen molar-refractivity contribution in [2.45, 2.75) is 82.3 Å². The molecule has 23 nitrogen and oxygen atoms in total. The Labute approximate surface area is 561 Å². The maximum Gasteiger partial charge on any atom is 0.410 e. The number of anilines is 3. The number of hydrogen-bond donors (Lipinski definition) is 5. The normalized spacial score (nSPS) is 22.0. The van der Waals surface area contributed by atoms with E-state index in [1.165, 1.54) is 41.3 Å². The third kappa shape index (κ3) is 21.2. The van der Waals surface area contributed by atoms with Crippen LogP contribution in [0.5, 0.6) is 0 Å². The predicted molar refractivity (Wildman–Crippen MR) is 356 cm³/mol. The summed E-state index contributed by atoms with van der Waals surface area (Å²) in [6, 6.07) is 23.2. The van der Waals surface area contributed by atoms with Crippen molar-refractivity contribution in [3.8, 4) is 33.4 Å². The largest absolute Gasteiger partial charge is 0.444 e. The topological polar surface area (TPSA) is 238 Å². The zero-order chi connectivity index (χ0) is 68.4. The SMILES string of the molecule is CC(C)(C)OC(=O)N1CC[C@@H](NC(=O)CN2CCN(c3cc(-c4ccc(F)cc4)cnn3)CC2)[C@H](F)C1.O=C(CN1CCN(c2cc(-c3ccc(F)cc3)cnn2)CC1)N[C@@H]1CCNC[C@H]1F.O=C(CN1CCN(c2cc(-c3ccc(F)cc3)cnn2)CC1)N[C@@H]1CCNC[C@H]1F. The molecule has 0 aliphatic carbocycles. The van der Waals surface area contributed by atoms with Crippen LogP contribution in [0.25, 0.3) is 33.4 Å². The van der Waals surface area contributed by atoms with E-state index in [4.69, 9.17) is 4.74 Å². The van der Waals surface area contributed by atoms with Gasteiger partial charge in [0.1, 0.15) is 41.6 Å². The second-order valence-electron chi connectivity index (χ2n) is 26.0. The van der Waals surface area contributed by atoms with Crippen LogP contribution < -0.4 is 41.3 Å². The van der Waals surface area contributed by atoms with Gasteiger partial charge in [0.2, 0.25) is 17.7 Å². The zero-order valence-electron chi connectivity index (χ0n) is 54.9. The molecule has 5 N–H and O–H groups in total. The summed E-state index contributed by atoms with van der Waals surface area (Å²) in [5.74, 6) is 0.915. The van der Waals surface area contributed by atoms with E-state index < -0.39 is 48.3 Å². The van der Waals surface area contributed by atoms with Crippen LogP contribution in [-0.2, 0) is 19.1 Å². The van der Waals surface area contributed by atoms with E-state index in [0.29, 0.717) is 117 Å². The highest BCUT2D eigenvalue weighted by molar-refractivity contribution is 5.80. The van der Waals surface area contributed by atoms with Gasteiger partial charge in [-0.2, -0.15) is 15.3 Å². The number of aromatic nitrogens is 6. The maximum atomic E-state index is 14.7. The molecule has 6 atom stereocenters. The van der Waals surface area contributed by atoms with E-state index in [9.17, 15) is 45.5 Å². The van der Waals surface area contributed by atoms with Gasteiger partial charge < -0.3 is 50.9 Å². The molecular weight excluding hydrogens is 1260 g/mol. The smallest absolute Gasteiger partial charge is 0.410 e. The quantitative estimate of drug-likeness (QED) is 0.0819. The Balaban J connectivity index is 0.000000159. The summed E-state index contributed by atoms with van der Waals surface area (Å²) in [7, 11) is 0. The summed E-state index contributed by atoms with van der Waals surface area (Å²) in [5.41, 5.74) is 4.59. The number of nitrogens with zero attached hydrogens (tertiary/aromatic N) is 13. The molecule has 97 heavy (non-hydrogen) atoms. The molecule has 6 aliphatic rings. The fraction of sp³-hybridized carbons (Fsp3) is 0.500. The summed E-state index contributed by atoms with van der Waals surface area (Å²) in [5, 5.41) is 39.4. The highest BCUT2D eigenvalue weighted by Crippen LogP contribution is 2.27. The number of amides is 4. The maximum absolute atomic E-state index is 14.7. The molecular formula is C68H86F6N18O5. The Kier molecular flexibility index (Phi) is 25.0. The van der Waals surface area contributed by atoms with Gasteiger partial charge in [-0.25, -0.2) is 31.1 Å². The Morgan fingerprint density at radius 1 is 0.454 bits per heavy atom. The summed E-state index contributed by atoms with van der Waals surface area (Å²) < 4.78 is 87.3. The first-order valence-corrected chi connectivity index (χ1v) is 33.1. The fourth-order valence-corrected chi connectivity index (χ4v) is 12.2. The number of ether oxygens (including phenoxy) is 1. The molecule has 3 aromatic carbocycles. The summed E-state index contributed by atoms with van der Waals surface area (Å²) in [6.07, 6.45) is 2.58. The standard InChI is InChI=1S/C26H34F2N6O3.2C21H26F2N6O/c1-26(2,3)37-25(36)34-9-8-22(21(28)16-34)30-24(35)17-32-10-12-33(13-11-32)23-14-19(15-29-31-23)18-4-6-20(27)7-5-18;2*22-17-3-1-15(2-4-17)16-11-20(27-25-12-16)29-9-7-28(8-10-29)14-21(30)26-19-5-6-24-13-18(19)23/h4-7,14-15,21-22H,8-13,16-17H2,1-3H3,(H,30,35);2*1-4,11-12,18-19,24H,5-10,13-14H2,(H,26,30)/t21-,22-;2*18-,19-/m111/s1. The molecule has 12 rings (SSSR count). The molecule has 4 amide bonds. The molecule has 3 aromatic heterocycles. The molecule has 6 aliphatic heterocycles. The number of piperazine rings is 3. The lowest BCUT2D eigenvalue weighted by Crippen LogP contribution is -2.56. The molecule has 520 valence electrons. The number of piperidine rings is 3. The van der Waals surface area contributed by atoms with Crippen LogP contribution in [-0.4, -0.2) is 254 Å². The van der Waals surface area contributed by atoms with Gasteiger partial charge in [-0.15, -0.1) is 15.3 Å². The Morgan fingerprint density at radius 3 is 1.07 bits per heavy atom. The highest BCUT2D eigenvalue weighted by Gasteiger charge is 2.36. The minimum Gasteiger partial charge on any atom is -0.444 e. The minimum absolute atomic E-state index is 0.101. The van der Waals surface area contributed by atoms with Crippen LogP contribution in [0.15, 0.2) is 110 Å². The Hall–Kier alpha value is -8.64. The molecule has 6 fully saturated rings. The van der Waals surface area contributed by atoms with Crippen molar-refractivity contribution in [3.05, 3.63) is 127 Å². The van der Waals surface area contributed by atoms with E-state index in [1.54, 1.807) is 75.8 Å². The van der Waals surface area contributed by atoms with Crippen molar-refractivity contribution in [3.63, 3.8) is 0 Å². The Morgan fingerprint density at radius 2 is 0.773 bits per heavy atom. The van der Waals surface area contributed by atoms with Crippen molar-refractivity contribution in [2.75, 3.05) is 152 Å². The van der Waals surface area contributed by atoms with Crippen molar-refractivity contribution in [2.24, 2.45) is 0 Å². The lowest BCUT2D eigenvalue weighted by Gasteiger charge is -2.37. The van der Waals surface area contributed by atoms with Crippen LogP contribution in [0.1, 0.15) is 40.0 Å². The number of benzene rings is 3. The zero-order valence-corrected chi connectivity index (χ0v) is 54.9. The van der Waals surface area contributed by atoms with Gasteiger partial charge in [-0.05, 0) is 124 Å². The average Bonchev–Trinajstić information content (AvgIpc) is 0.886. The number of likely N-dealkylation sites (tertiary alicyclic amines) is 1. The minimum atomic E-state index is -1.35. The third-order valence-electron chi connectivity index (χ3n) is 17.7. The van der Waals surface area contributed by atoms with Crippen molar-refractivity contribution < 1.29 is 50.3 Å². The lowest BCUT2D eigenvalue weighted by molar-refractivity contribution is -0.124. The van der Waals surface area contributed by atoms with Gasteiger partial charge in [0.05, 0.1) is 62.9 Å². The van der Waals surface area contributed by atoms with E-state index in [0.717, 1.165) is 63.9 Å². The van der Waals surface area contributed by atoms with Crippen molar-refractivity contribution in [1.29, 1.82) is 0 Å². The molecule has 0 radical (unpaired) electrons.